The van der Waals surface area contributed by atoms with Crippen LogP contribution in [0.5, 0.6) is 0 Å². The molecule has 0 radical (unpaired) electrons. The fraction of sp³-hybridized carbons (Fsp3) is 0.800. The third-order valence-corrected chi connectivity index (χ3v) is 5.55. The number of hydrogen-bond donors (Lipinski definition) is 1. The van der Waals surface area contributed by atoms with E-state index in [4.69, 9.17) is 5.11 Å². The Morgan fingerprint density at radius 2 is 1.33 bits per heavy atom. The monoisotopic (exact) mass is 353 g/mol. The van der Waals surface area contributed by atoms with Gasteiger partial charge in [-0.15, -0.1) is 11.3 Å². The van der Waals surface area contributed by atoms with Crippen LogP contribution in [0.2, 0.25) is 0 Å². The molecule has 138 valence electrons. The molecule has 0 atom stereocenters. The molecule has 1 aromatic rings. The lowest BCUT2D eigenvalue weighted by Gasteiger charge is -2.03. The number of unbranched alkanes of at least 4 members (excludes halogenated alkanes) is 13. The maximum Gasteiger partial charge on any atom is 0.347 e. The van der Waals surface area contributed by atoms with E-state index in [1.165, 1.54) is 101 Å². The average molecular weight is 354 g/mol. The Kier molecular flexibility index (Phi) is 12.7. The minimum absolute atomic E-state index is 0.357. The van der Waals surface area contributed by atoms with Crippen molar-refractivity contribution in [2.45, 2.75) is 103 Å². The number of aromatic carboxylic acids is 1. The van der Waals surface area contributed by atoms with Crippen molar-refractivity contribution in [2.24, 2.45) is 0 Å². The number of rotatable bonds is 16. The number of aromatic nitrogens is 1. The molecule has 1 N–H and O–H groups in total. The van der Waals surface area contributed by atoms with Crippen LogP contribution >= 0.6 is 11.3 Å². The predicted octanol–water partition coefficient (Wildman–Crippen LogP) is 6.87. The standard InChI is InChI=1S/C20H35NO2S/c1-2-3-4-5-6-7-8-9-10-11-12-13-14-15-16-19-21-17-18(24-19)20(22)23/h17H,2-16H2,1H3,(H,22,23). The normalized spacial score (nSPS) is 11.0. The average Bonchev–Trinajstić information content (AvgIpc) is 3.04. The van der Waals surface area contributed by atoms with E-state index in [0.717, 1.165) is 17.8 Å². The van der Waals surface area contributed by atoms with E-state index >= 15 is 0 Å². The smallest absolute Gasteiger partial charge is 0.347 e. The van der Waals surface area contributed by atoms with Gasteiger partial charge in [-0.1, -0.05) is 90.4 Å². The lowest BCUT2D eigenvalue weighted by Crippen LogP contribution is -1.89. The van der Waals surface area contributed by atoms with E-state index < -0.39 is 5.97 Å². The van der Waals surface area contributed by atoms with Gasteiger partial charge in [-0.3, -0.25) is 0 Å². The van der Waals surface area contributed by atoms with Crippen LogP contribution in [-0.2, 0) is 6.42 Å². The maximum absolute atomic E-state index is 10.8. The van der Waals surface area contributed by atoms with Crippen molar-refractivity contribution < 1.29 is 9.90 Å². The van der Waals surface area contributed by atoms with Crippen molar-refractivity contribution in [3.05, 3.63) is 16.1 Å². The van der Waals surface area contributed by atoms with Crippen molar-refractivity contribution in [3.8, 4) is 0 Å². The Labute approximate surface area is 151 Å². The second-order valence-electron chi connectivity index (χ2n) is 6.77. The molecule has 1 heterocycles. The molecule has 0 amide bonds. The zero-order chi connectivity index (χ0) is 17.5. The Bertz CT molecular complexity index is 431. The molecule has 0 saturated carbocycles. The van der Waals surface area contributed by atoms with Crippen LogP contribution in [-0.4, -0.2) is 16.1 Å². The van der Waals surface area contributed by atoms with Crippen LogP contribution in [0.1, 0.15) is 111 Å². The zero-order valence-corrected chi connectivity index (χ0v) is 16.2. The molecule has 0 spiro atoms. The zero-order valence-electron chi connectivity index (χ0n) is 15.4. The van der Waals surface area contributed by atoms with Crippen LogP contribution in [0.3, 0.4) is 0 Å². The summed E-state index contributed by atoms with van der Waals surface area (Å²) in [5.74, 6) is -0.861. The van der Waals surface area contributed by atoms with E-state index in [-0.39, 0.29) is 0 Å². The molecule has 0 saturated heterocycles. The molecular weight excluding hydrogens is 318 g/mol. The molecule has 1 aromatic heterocycles. The first-order chi connectivity index (χ1) is 11.7. The molecule has 3 nitrogen and oxygen atoms in total. The number of aryl methyl sites for hydroxylation is 1. The quantitative estimate of drug-likeness (QED) is 0.330. The van der Waals surface area contributed by atoms with Crippen LogP contribution < -0.4 is 0 Å². The van der Waals surface area contributed by atoms with Crippen molar-refractivity contribution >= 4 is 17.3 Å². The summed E-state index contributed by atoms with van der Waals surface area (Å²) in [6.45, 7) is 2.27. The van der Waals surface area contributed by atoms with E-state index in [1.807, 2.05) is 0 Å². The first-order valence-corrected chi connectivity index (χ1v) is 10.7. The van der Waals surface area contributed by atoms with Crippen molar-refractivity contribution in [3.63, 3.8) is 0 Å². The number of carboxylic acids is 1. The van der Waals surface area contributed by atoms with Gasteiger partial charge in [0.2, 0.25) is 0 Å². The fourth-order valence-electron chi connectivity index (χ4n) is 3.00. The van der Waals surface area contributed by atoms with Crippen molar-refractivity contribution in [1.29, 1.82) is 0 Å². The maximum atomic E-state index is 10.8. The van der Waals surface area contributed by atoms with Gasteiger partial charge in [0.1, 0.15) is 4.88 Å². The largest absolute Gasteiger partial charge is 0.477 e. The molecule has 0 fully saturated rings. The third-order valence-electron chi connectivity index (χ3n) is 4.51. The Balaban J connectivity index is 1.81. The van der Waals surface area contributed by atoms with E-state index in [9.17, 15) is 4.79 Å². The number of hydrogen-bond acceptors (Lipinski definition) is 3. The molecule has 4 heteroatoms. The van der Waals surface area contributed by atoms with E-state index in [0.29, 0.717) is 4.88 Å². The lowest BCUT2D eigenvalue weighted by atomic mass is 10.0. The number of carboxylic acid groups (broad SMARTS) is 1. The molecule has 0 aliphatic heterocycles. The number of carbonyl (C=O) groups is 1. The molecule has 0 aromatic carbocycles. The SMILES string of the molecule is CCCCCCCCCCCCCCCCc1ncc(C(=O)O)s1. The number of nitrogens with zero attached hydrogens (tertiary/aromatic N) is 1. The minimum Gasteiger partial charge on any atom is -0.477 e. The van der Waals surface area contributed by atoms with Crippen LogP contribution in [0.15, 0.2) is 6.20 Å². The minimum atomic E-state index is -0.861. The summed E-state index contributed by atoms with van der Waals surface area (Å²) in [5.41, 5.74) is 0. The topological polar surface area (TPSA) is 50.2 Å². The lowest BCUT2D eigenvalue weighted by molar-refractivity contribution is 0.0702. The highest BCUT2D eigenvalue weighted by Gasteiger charge is 2.07. The van der Waals surface area contributed by atoms with Crippen molar-refractivity contribution in [1.82, 2.24) is 4.98 Å². The van der Waals surface area contributed by atoms with Crippen molar-refractivity contribution in [2.75, 3.05) is 0 Å². The van der Waals surface area contributed by atoms with Crippen LogP contribution in [0, 0.1) is 0 Å². The van der Waals surface area contributed by atoms with Gasteiger partial charge in [-0.2, -0.15) is 0 Å². The second-order valence-corrected chi connectivity index (χ2v) is 7.88. The molecule has 0 unspecified atom stereocenters. The Morgan fingerprint density at radius 3 is 1.75 bits per heavy atom. The van der Waals surface area contributed by atoms with Gasteiger partial charge in [0, 0.05) is 0 Å². The molecular formula is C20H35NO2S. The summed E-state index contributed by atoms with van der Waals surface area (Å²) in [7, 11) is 0. The summed E-state index contributed by atoms with van der Waals surface area (Å²) >= 11 is 1.32. The van der Waals surface area contributed by atoms with Gasteiger partial charge in [0.05, 0.1) is 11.2 Å². The van der Waals surface area contributed by atoms with Gasteiger partial charge in [0.15, 0.2) is 0 Å². The van der Waals surface area contributed by atoms with Gasteiger partial charge < -0.3 is 5.11 Å². The third kappa shape index (κ3) is 10.8. The number of thiazole rings is 1. The molecule has 24 heavy (non-hydrogen) atoms. The van der Waals surface area contributed by atoms with Gasteiger partial charge in [-0.25, -0.2) is 9.78 Å². The molecule has 0 aliphatic carbocycles. The van der Waals surface area contributed by atoms with Gasteiger partial charge in [0.25, 0.3) is 0 Å². The van der Waals surface area contributed by atoms with Crippen LogP contribution in [0.25, 0.3) is 0 Å². The fourth-order valence-corrected chi connectivity index (χ4v) is 3.79. The molecule has 1 rings (SSSR count). The van der Waals surface area contributed by atoms with E-state index in [2.05, 4.69) is 11.9 Å². The highest BCUT2D eigenvalue weighted by molar-refractivity contribution is 7.13. The molecule has 0 aliphatic rings. The first-order valence-electron chi connectivity index (χ1n) is 9.92. The summed E-state index contributed by atoms with van der Waals surface area (Å²) in [6.07, 6.45) is 21.5. The van der Waals surface area contributed by atoms with Gasteiger partial charge in [-0.05, 0) is 12.8 Å². The second kappa shape index (κ2) is 14.4. The summed E-state index contributed by atoms with van der Waals surface area (Å²) in [4.78, 5) is 15.3. The predicted molar refractivity (Wildman–Crippen MR) is 103 cm³/mol. The summed E-state index contributed by atoms with van der Waals surface area (Å²) in [6, 6.07) is 0. The van der Waals surface area contributed by atoms with Gasteiger partial charge >= 0.3 is 5.97 Å². The highest BCUT2D eigenvalue weighted by Crippen LogP contribution is 2.17. The summed E-state index contributed by atoms with van der Waals surface area (Å²) < 4.78 is 0. The van der Waals surface area contributed by atoms with Crippen LogP contribution in [0.4, 0.5) is 0 Å². The first kappa shape index (κ1) is 21.1. The Hall–Kier alpha value is -0.900. The molecule has 0 bridgehead atoms. The highest BCUT2D eigenvalue weighted by atomic mass is 32.1. The summed E-state index contributed by atoms with van der Waals surface area (Å²) in [5, 5.41) is 9.83. The Morgan fingerprint density at radius 1 is 0.875 bits per heavy atom. The van der Waals surface area contributed by atoms with E-state index in [1.54, 1.807) is 0 Å².